The van der Waals surface area contributed by atoms with Crippen LogP contribution in [0.1, 0.15) is 24.8 Å². The lowest BCUT2D eigenvalue weighted by Crippen LogP contribution is -2.21. The van der Waals surface area contributed by atoms with E-state index in [1.807, 2.05) is 12.1 Å². The van der Waals surface area contributed by atoms with Crippen LogP contribution in [-0.2, 0) is 0 Å². The second-order valence-electron chi connectivity index (χ2n) is 4.10. The minimum Gasteiger partial charge on any atom is -0.494 e. The van der Waals surface area contributed by atoms with Crippen molar-refractivity contribution in [2.45, 2.75) is 32.2 Å². The molecule has 0 aromatic heterocycles. The van der Waals surface area contributed by atoms with Gasteiger partial charge >= 0.3 is 0 Å². The molecule has 1 aromatic carbocycles. The lowest BCUT2D eigenvalue weighted by atomic mass is 10.1. The molecule has 0 unspecified atom stereocenters. The number of benzene rings is 1. The van der Waals surface area contributed by atoms with Crippen LogP contribution >= 0.6 is 25.0 Å². The highest BCUT2D eigenvalue weighted by Gasteiger charge is 1.99. The topological polar surface area (TPSA) is 35.2 Å². The lowest BCUT2D eigenvalue weighted by molar-refractivity contribution is 0.303. The minimum absolute atomic E-state index is 0. The van der Waals surface area contributed by atoms with Crippen LogP contribution in [0.4, 0.5) is 0 Å². The SMILES string of the molecule is Cc1cccc(OCCCC[C@H](N)CS)c1.Cl. The minimum atomic E-state index is 0. The summed E-state index contributed by atoms with van der Waals surface area (Å²) in [5, 5.41) is 0. The van der Waals surface area contributed by atoms with E-state index in [1.165, 1.54) is 5.56 Å². The van der Waals surface area contributed by atoms with Crippen molar-refractivity contribution in [2.24, 2.45) is 5.73 Å². The molecular formula is C13H22ClNOS. The molecule has 0 aliphatic heterocycles. The molecule has 0 bridgehead atoms. The Morgan fingerprint density at radius 3 is 2.76 bits per heavy atom. The molecule has 0 heterocycles. The summed E-state index contributed by atoms with van der Waals surface area (Å²) in [6.45, 7) is 2.83. The fourth-order valence-corrected chi connectivity index (χ4v) is 1.68. The van der Waals surface area contributed by atoms with Crippen molar-refractivity contribution in [3.63, 3.8) is 0 Å². The number of halogens is 1. The maximum Gasteiger partial charge on any atom is 0.119 e. The summed E-state index contributed by atoms with van der Waals surface area (Å²) in [5.41, 5.74) is 7.00. The van der Waals surface area contributed by atoms with Crippen LogP contribution in [0.5, 0.6) is 5.75 Å². The summed E-state index contributed by atoms with van der Waals surface area (Å²) in [7, 11) is 0. The van der Waals surface area contributed by atoms with E-state index in [0.29, 0.717) is 0 Å². The van der Waals surface area contributed by atoms with Gasteiger partial charge in [0.2, 0.25) is 0 Å². The Morgan fingerprint density at radius 2 is 2.12 bits per heavy atom. The van der Waals surface area contributed by atoms with E-state index >= 15 is 0 Å². The Labute approximate surface area is 116 Å². The Balaban J connectivity index is 0.00000256. The molecule has 98 valence electrons. The molecule has 0 fully saturated rings. The number of aryl methyl sites for hydroxylation is 1. The van der Waals surface area contributed by atoms with Crippen molar-refractivity contribution >= 4 is 25.0 Å². The quantitative estimate of drug-likeness (QED) is 0.592. The molecule has 0 saturated heterocycles. The monoisotopic (exact) mass is 275 g/mol. The van der Waals surface area contributed by atoms with Gasteiger partial charge in [-0.3, -0.25) is 0 Å². The first-order valence-corrected chi connectivity index (χ1v) is 6.41. The molecule has 0 saturated carbocycles. The number of hydrogen-bond donors (Lipinski definition) is 2. The zero-order valence-electron chi connectivity index (χ0n) is 10.3. The van der Waals surface area contributed by atoms with E-state index < -0.39 is 0 Å². The van der Waals surface area contributed by atoms with Crippen molar-refractivity contribution in [1.29, 1.82) is 0 Å². The Morgan fingerprint density at radius 1 is 1.35 bits per heavy atom. The van der Waals surface area contributed by atoms with Gasteiger partial charge in [-0.05, 0) is 43.9 Å². The van der Waals surface area contributed by atoms with Gasteiger partial charge in [-0.1, -0.05) is 12.1 Å². The first-order valence-electron chi connectivity index (χ1n) is 5.78. The van der Waals surface area contributed by atoms with Gasteiger partial charge in [0.25, 0.3) is 0 Å². The fourth-order valence-electron chi connectivity index (χ4n) is 1.50. The molecular weight excluding hydrogens is 254 g/mol. The molecule has 17 heavy (non-hydrogen) atoms. The number of rotatable bonds is 7. The van der Waals surface area contributed by atoms with Gasteiger partial charge in [0.15, 0.2) is 0 Å². The number of thiol groups is 1. The number of unbranched alkanes of at least 4 members (excludes halogenated alkanes) is 1. The zero-order valence-corrected chi connectivity index (χ0v) is 12.0. The highest BCUT2D eigenvalue weighted by atomic mass is 35.5. The Bertz CT molecular complexity index is 309. The molecule has 0 aliphatic rings. The van der Waals surface area contributed by atoms with Gasteiger partial charge in [-0.15, -0.1) is 12.4 Å². The number of hydrogen-bond acceptors (Lipinski definition) is 3. The fraction of sp³-hybridized carbons (Fsp3) is 0.538. The van der Waals surface area contributed by atoms with Crippen LogP contribution in [0.15, 0.2) is 24.3 Å². The highest BCUT2D eigenvalue weighted by molar-refractivity contribution is 7.80. The van der Waals surface area contributed by atoms with Crippen molar-refractivity contribution in [2.75, 3.05) is 12.4 Å². The van der Waals surface area contributed by atoms with Crippen LogP contribution in [0.25, 0.3) is 0 Å². The second kappa shape index (κ2) is 9.63. The largest absolute Gasteiger partial charge is 0.494 e. The first kappa shape index (κ1) is 16.6. The van der Waals surface area contributed by atoms with Crippen molar-refractivity contribution in [1.82, 2.24) is 0 Å². The maximum absolute atomic E-state index is 5.77. The smallest absolute Gasteiger partial charge is 0.119 e. The Hall–Kier alpha value is -0.380. The van der Waals surface area contributed by atoms with Gasteiger partial charge in [-0.25, -0.2) is 0 Å². The molecule has 1 aromatic rings. The standard InChI is InChI=1S/C13H21NOS.ClH/c1-11-5-4-7-13(9-11)15-8-3-2-6-12(14)10-16;/h4-5,7,9,12,16H,2-3,6,8,10,14H2,1H3;1H/t12-;/m0./s1. The third-order valence-corrected chi connectivity index (χ3v) is 2.93. The maximum atomic E-state index is 5.77. The molecule has 0 amide bonds. The summed E-state index contributed by atoms with van der Waals surface area (Å²) in [5.74, 6) is 1.72. The second-order valence-corrected chi connectivity index (χ2v) is 4.47. The summed E-state index contributed by atoms with van der Waals surface area (Å²) in [6.07, 6.45) is 3.18. The van der Waals surface area contributed by atoms with E-state index in [4.69, 9.17) is 10.5 Å². The average Bonchev–Trinajstić information content (AvgIpc) is 2.28. The third-order valence-electron chi connectivity index (χ3n) is 2.46. The summed E-state index contributed by atoms with van der Waals surface area (Å²) in [6, 6.07) is 8.36. The molecule has 0 aliphatic carbocycles. The van der Waals surface area contributed by atoms with E-state index in [1.54, 1.807) is 0 Å². The van der Waals surface area contributed by atoms with E-state index in [9.17, 15) is 0 Å². The molecule has 4 heteroatoms. The lowest BCUT2D eigenvalue weighted by Gasteiger charge is -2.09. The van der Waals surface area contributed by atoms with Crippen molar-refractivity contribution in [3.05, 3.63) is 29.8 Å². The normalized spacial score (nSPS) is 11.7. The van der Waals surface area contributed by atoms with Crippen LogP contribution in [0, 0.1) is 6.92 Å². The molecule has 2 N–H and O–H groups in total. The summed E-state index contributed by atoms with van der Waals surface area (Å²) in [4.78, 5) is 0. The predicted molar refractivity (Wildman–Crippen MR) is 79.6 cm³/mol. The van der Waals surface area contributed by atoms with E-state index in [0.717, 1.165) is 37.4 Å². The molecule has 1 rings (SSSR count). The van der Waals surface area contributed by atoms with Gasteiger partial charge in [0, 0.05) is 11.8 Å². The van der Waals surface area contributed by atoms with Gasteiger partial charge in [0.05, 0.1) is 6.61 Å². The van der Waals surface area contributed by atoms with E-state index in [-0.39, 0.29) is 18.4 Å². The Kier molecular flexibility index (Phi) is 9.41. The molecule has 2 nitrogen and oxygen atoms in total. The predicted octanol–water partition coefficient (Wildman–Crippen LogP) is 3.22. The van der Waals surface area contributed by atoms with Gasteiger partial charge in [-0.2, -0.15) is 12.6 Å². The number of ether oxygens (including phenoxy) is 1. The first-order chi connectivity index (χ1) is 7.72. The van der Waals surface area contributed by atoms with Crippen LogP contribution in [0.3, 0.4) is 0 Å². The number of nitrogens with two attached hydrogens (primary N) is 1. The van der Waals surface area contributed by atoms with Crippen molar-refractivity contribution < 1.29 is 4.74 Å². The molecule has 0 spiro atoms. The van der Waals surface area contributed by atoms with Crippen LogP contribution in [-0.4, -0.2) is 18.4 Å². The van der Waals surface area contributed by atoms with Gasteiger partial charge < -0.3 is 10.5 Å². The molecule has 0 radical (unpaired) electrons. The van der Waals surface area contributed by atoms with E-state index in [2.05, 4.69) is 31.7 Å². The summed E-state index contributed by atoms with van der Waals surface area (Å²) >= 11 is 4.15. The highest BCUT2D eigenvalue weighted by Crippen LogP contribution is 2.13. The molecule has 1 atom stereocenters. The van der Waals surface area contributed by atoms with Crippen LogP contribution in [0.2, 0.25) is 0 Å². The van der Waals surface area contributed by atoms with Crippen LogP contribution < -0.4 is 10.5 Å². The van der Waals surface area contributed by atoms with Crippen molar-refractivity contribution in [3.8, 4) is 5.75 Å². The summed E-state index contributed by atoms with van der Waals surface area (Å²) < 4.78 is 5.64. The van der Waals surface area contributed by atoms with Gasteiger partial charge in [0.1, 0.15) is 5.75 Å². The third kappa shape index (κ3) is 7.53. The zero-order chi connectivity index (χ0) is 11.8. The average molecular weight is 276 g/mol.